The lowest BCUT2D eigenvalue weighted by molar-refractivity contribution is -0.0973. The maximum atomic E-state index is 5.50. The van der Waals surface area contributed by atoms with Crippen molar-refractivity contribution in [2.45, 2.75) is 44.9 Å². The highest BCUT2D eigenvalue weighted by Crippen LogP contribution is 2.42. The molecular weight excluding hydrogens is 236 g/mol. The van der Waals surface area contributed by atoms with E-state index in [1.54, 1.807) is 0 Å². The number of methoxy groups -OCH3 is 1. The fraction of sp³-hybridized carbons (Fsp3) is 0.625. The third-order valence-corrected chi connectivity index (χ3v) is 4.92. The van der Waals surface area contributed by atoms with Crippen molar-refractivity contribution in [3.05, 3.63) is 29.8 Å². The fourth-order valence-electron chi connectivity index (χ4n) is 3.42. The first-order valence-electron chi connectivity index (χ1n) is 7.22. The van der Waals surface area contributed by atoms with Crippen LogP contribution in [0.3, 0.4) is 0 Å². The van der Waals surface area contributed by atoms with Crippen LogP contribution >= 0.6 is 0 Å². The van der Waals surface area contributed by atoms with Gasteiger partial charge in [0.15, 0.2) is 0 Å². The number of nitrogens with one attached hydrogen (secondary N) is 2. The van der Waals surface area contributed by atoms with Gasteiger partial charge in [-0.25, -0.2) is 0 Å². The maximum absolute atomic E-state index is 5.50. The van der Waals surface area contributed by atoms with Crippen LogP contribution in [0.2, 0.25) is 0 Å². The third kappa shape index (κ3) is 2.26. The summed E-state index contributed by atoms with van der Waals surface area (Å²) in [5, 5.41) is 7.30. The molecule has 0 bridgehead atoms. The monoisotopic (exact) mass is 260 g/mol. The van der Waals surface area contributed by atoms with Crippen LogP contribution in [-0.4, -0.2) is 31.8 Å². The van der Waals surface area contributed by atoms with Gasteiger partial charge in [0.2, 0.25) is 0 Å². The third-order valence-electron chi connectivity index (χ3n) is 4.92. The molecule has 0 aromatic heterocycles. The lowest BCUT2D eigenvalue weighted by Gasteiger charge is -2.51. The minimum absolute atomic E-state index is 0.250. The van der Waals surface area contributed by atoms with Crippen molar-refractivity contribution in [1.82, 2.24) is 5.32 Å². The van der Waals surface area contributed by atoms with E-state index in [2.05, 4.69) is 48.7 Å². The van der Waals surface area contributed by atoms with Crippen molar-refractivity contribution in [2.24, 2.45) is 5.41 Å². The lowest BCUT2D eigenvalue weighted by atomic mass is 9.64. The van der Waals surface area contributed by atoms with Crippen LogP contribution in [-0.2, 0) is 11.2 Å². The van der Waals surface area contributed by atoms with Crippen molar-refractivity contribution in [3.8, 4) is 0 Å². The van der Waals surface area contributed by atoms with Crippen LogP contribution in [0.25, 0.3) is 0 Å². The van der Waals surface area contributed by atoms with Crippen molar-refractivity contribution in [2.75, 3.05) is 19.0 Å². The molecule has 0 spiro atoms. The Morgan fingerprint density at radius 1 is 1.37 bits per heavy atom. The predicted octanol–water partition coefficient (Wildman–Crippen LogP) is 2.43. The number of ether oxygens (including phenoxy) is 1. The van der Waals surface area contributed by atoms with E-state index in [0.29, 0.717) is 18.2 Å². The highest BCUT2D eigenvalue weighted by Gasteiger charge is 2.48. The molecular formula is C16H24N2O. The summed E-state index contributed by atoms with van der Waals surface area (Å²) in [6.07, 6.45) is 2.66. The summed E-state index contributed by atoms with van der Waals surface area (Å²) in [6.45, 7) is 5.61. The molecule has 19 heavy (non-hydrogen) atoms. The zero-order chi connectivity index (χ0) is 13.5. The summed E-state index contributed by atoms with van der Waals surface area (Å²) in [7, 11) is 1.82. The molecule has 2 aliphatic rings. The number of rotatable bonds is 4. The second kappa shape index (κ2) is 4.80. The molecule has 0 radical (unpaired) electrons. The first-order valence-corrected chi connectivity index (χ1v) is 7.22. The second-order valence-corrected chi connectivity index (χ2v) is 6.44. The van der Waals surface area contributed by atoms with Crippen LogP contribution in [0, 0.1) is 5.41 Å². The highest BCUT2D eigenvalue weighted by molar-refractivity contribution is 5.56. The molecule has 0 saturated heterocycles. The first kappa shape index (κ1) is 12.9. The molecule has 1 fully saturated rings. The van der Waals surface area contributed by atoms with Gasteiger partial charge in [-0.1, -0.05) is 32.0 Å². The molecule has 1 heterocycles. The van der Waals surface area contributed by atoms with Crippen LogP contribution in [0.5, 0.6) is 0 Å². The number of hydrogen-bond acceptors (Lipinski definition) is 3. The quantitative estimate of drug-likeness (QED) is 0.872. The average Bonchev–Trinajstić information content (AvgIpc) is 2.80. The number of benzene rings is 1. The molecule has 2 N–H and O–H groups in total. The van der Waals surface area contributed by atoms with Gasteiger partial charge >= 0.3 is 0 Å². The summed E-state index contributed by atoms with van der Waals surface area (Å²) in [6, 6.07) is 9.70. The van der Waals surface area contributed by atoms with E-state index in [-0.39, 0.29) is 5.41 Å². The molecule has 3 atom stereocenters. The van der Waals surface area contributed by atoms with Gasteiger partial charge < -0.3 is 15.4 Å². The summed E-state index contributed by atoms with van der Waals surface area (Å²) in [5.74, 6) is 0. The van der Waals surface area contributed by atoms with Crippen molar-refractivity contribution in [3.63, 3.8) is 0 Å². The zero-order valence-corrected chi connectivity index (χ0v) is 12.1. The van der Waals surface area contributed by atoms with Crippen molar-refractivity contribution in [1.29, 1.82) is 0 Å². The van der Waals surface area contributed by atoms with Gasteiger partial charge in [-0.05, 0) is 24.5 Å². The van der Waals surface area contributed by atoms with E-state index in [0.717, 1.165) is 19.4 Å². The minimum atomic E-state index is 0.250. The Morgan fingerprint density at radius 2 is 2.16 bits per heavy atom. The Balaban J connectivity index is 1.51. The minimum Gasteiger partial charge on any atom is -0.381 e. The van der Waals surface area contributed by atoms with Crippen molar-refractivity contribution < 1.29 is 4.74 Å². The molecule has 1 saturated carbocycles. The number of hydrogen-bond donors (Lipinski definition) is 2. The van der Waals surface area contributed by atoms with Crippen LogP contribution in [0.1, 0.15) is 25.8 Å². The summed E-state index contributed by atoms with van der Waals surface area (Å²) < 4.78 is 5.50. The van der Waals surface area contributed by atoms with E-state index < -0.39 is 0 Å². The number of anilines is 1. The Hall–Kier alpha value is -1.06. The smallest absolute Gasteiger partial charge is 0.0652 e. The molecule has 1 aliphatic heterocycles. The molecule has 3 unspecified atom stereocenters. The SMILES string of the molecule is COC1CC(NCC2Cc3ccccc3N2)C1(C)C. The molecule has 1 aromatic rings. The van der Waals surface area contributed by atoms with E-state index in [9.17, 15) is 0 Å². The molecule has 104 valence electrons. The van der Waals surface area contributed by atoms with E-state index in [4.69, 9.17) is 4.74 Å². The van der Waals surface area contributed by atoms with Gasteiger partial charge in [0.1, 0.15) is 0 Å². The molecule has 0 amide bonds. The van der Waals surface area contributed by atoms with Gasteiger partial charge in [-0.3, -0.25) is 0 Å². The largest absolute Gasteiger partial charge is 0.381 e. The van der Waals surface area contributed by atoms with Crippen LogP contribution in [0.15, 0.2) is 24.3 Å². The topological polar surface area (TPSA) is 33.3 Å². The Morgan fingerprint density at radius 3 is 2.84 bits per heavy atom. The summed E-state index contributed by atoms with van der Waals surface area (Å²) in [5.41, 5.74) is 2.99. The van der Waals surface area contributed by atoms with E-state index in [1.165, 1.54) is 11.3 Å². The van der Waals surface area contributed by atoms with Gasteiger partial charge in [-0.2, -0.15) is 0 Å². The summed E-state index contributed by atoms with van der Waals surface area (Å²) in [4.78, 5) is 0. The molecule has 1 aromatic carbocycles. The zero-order valence-electron chi connectivity index (χ0n) is 12.1. The number of fused-ring (bicyclic) bond motifs is 1. The Bertz CT molecular complexity index is 433. The van der Waals surface area contributed by atoms with E-state index in [1.807, 2.05) is 7.11 Å². The fourth-order valence-corrected chi connectivity index (χ4v) is 3.42. The summed E-state index contributed by atoms with van der Waals surface area (Å²) >= 11 is 0. The van der Waals surface area contributed by atoms with Crippen LogP contribution < -0.4 is 10.6 Å². The average molecular weight is 260 g/mol. The molecule has 1 aliphatic carbocycles. The van der Waals surface area contributed by atoms with E-state index >= 15 is 0 Å². The first-order chi connectivity index (χ1) is 9.11. The highest BCUT2D eigenvalue weighted by atomic mass is 16.5. The lowest BCUT2D eigenvalue weighted by Crippen LogP contribution is -2.61. The Kier molecular flexibility index (Phi) is 3.27. The standard InChI is InChI=1S/C16H24N2O/c1-16(2)14(9-15(16)19-3)17-10-12-8-11-6-4-5-7-13(11)18-12/h4-7,12,14-15,17-18H,8-10H2,1-3H3. The predicted molar refractivity (Wildman–Crippen MR) is 78.5 cm³/mol. The molecule has 3 heteroatoms. The van der Waals surface area contributed by atoms with Gasteiger partial charge in [0, 0.05) is 36.8 Å². The van der Waals surface area contributed by atoms with Crippen molar-refractivity contribution >= 4 is 5.69 Å². The number of para-hydroxylation sites is 1. The van der Waals surface area contributed by atoms with Gasteiger partial charge in [0.25, 0.3) is 0 Å². The van der Waals surface area contributed by atoms with Gasteiger partial charge in [0.05, 0.1) is 6.10 Å². The molecule has 3 rings (SSSR count). The maximum Gasteiger partial charge on any atom is 0.0652 e. The van der Waals surface area contributed by atoms with Gasteiger partial charge in [-0.15, -0.1) is 0 Å². The molecule has 3 nitrogen and oxygen atoms in total. The normalized spacial score (nSPS) is 31.4. The second-order valence-electron chi connectivity index (χ2n) is 6.44. The van der Waals surface area contributed by atoms with Crippen LogP contribution in [0.4, 0.5) is 5.69 Å². The Labute approximate surface area is 115 Å².